The predicted octanol–water partition coefficient (Wildman–Crippen LogP) is 6.90. The summed E-state index contributed by atoms with van der Waals surface area (Å²) in [5, 5.41) is 3.42. The highest BCUT2D eigenvalue weighted by Crippen LogP contribution is 2.41. The van der Waals surface area contributed by atoms with Crippen molar-refractivity contribution >= 4 is 22.7 Å². The van der Waals surface area contributed by atoms with Crippen molar-refractivity contribution in [3.63, 3.8) is 0 Å². The van der Waals surface area contributed by atoms with Gasteiger partial charge in [0.1, 0.15) is 12.4 Å². The largest absolute Gasteiger partial charge is 0.487 e. The molecule has 2 aromatic heterocycles. The number of nitrogens with one attached hydrogen (secondary N) is 1. The zero-order valence-corrected chi connectivity index (χ0v) is 20.0. The first-order valence-electron chi connectivity index (χ1n) is 12.0. The number of ether oxygens (including phenoxy) is 2. The van der Waals surface area contributed by atoms with Gasteiger partial charge >= 0.3 is 12.3 Å². The van der Waals surface area contributed by atoms with Crippen LogP contribution in [0.2, 0.25) is 0 Å². The molecule has 0 saturated heterocycles. The topological polar surface area (TPSA) is 78.3 Å². The lowest BCUT2D eigenvalue weighted by molar-refractivity contribution is -0.196. The number of amides is 1. The molecule has 0 bridgehead atoms. The Bertz CT molecular complexity index is 1380. The molecule has 1 amide bonds. The van der Waals surface area contributed by atoms with Gasteiger partial charge in [-0.1, -0.05) is 12.1 Å². The first-order chi connectivity index (χ1) is 17.8. The van der Waals surface area contributed by atoms with Crippen LogP contribution in [0, 0.1) is 0 Å². The summed E-state index contributed by atoms with van der Waals surface area (Å²) in [5.74, 6) is 0.731. The molecule has 1 saturated carbocycles. The summed E-state index contributed by atoms with van der Waals surface area (Å²) < 4.78 is 50.6. The lowest BCUT2D eigenvalue weighted by atomic mass is 9.92. The smallest absolute Gasteiger partial charge is 0.425 e. The Morgan fingerprint density at radius 2 is 1.92 bits per heavy atom. The highest BCUT2D eigenvalue weighted by atomic mass is 19.4. The Labute approximate surface area is 211 Å². The first kappa shape index (κ1) is 24.6. The molecule has 5 rings (SSSR count). The van der Waals surface area contributed by atoms with E-state index < -0.39 is 18.4 Å². The highest BCUT2D eigenvalue weighted by Gasteiger charge is 2.39. The molecule has 37 heavy (non-hydrogen) atoms. The number of anilines is 1. The molecule has 1 aliphatic rings. The van der Waals surface area contributed by atoms with Gasteiger partial charge in [-0.3, -0.25) is 15.3 Å². The lowest BCUT2D eigenvalue weighted by Gasteiger charge is -2.30. The van der Waals surface area contributed by atoms with E-state index in [-0.39, 0.29) is 0 Å². The van der Waals surface area contributed by atoms with Crippen LogP contribution in [-0.4, -0.2) is 32.9 Å². The summed E-state index contributed by atoms with van der Waals surface area (Å²) in [6.45, 7) is 1.10. The van der Waals surface area contributed by atoms with Gasteiger partial charge in [-0.2, -0.15) is 13.2 Å². The van der Waals surface area contributed by atoms with E-state index >= 15 is 0 Å². The number of hydrogen-bond donors (Lipinski definition) is 1. The average molecular weight is 511 g/mol. The zero-order chi connectivity index (χ0) is 26.0. The van der Waals surface area contributed by atoms with Crippen LogP contribution >= 0.6 is 0 Å². The molecule has 2 heterocycles. The van der Waals surface area contributed by atoms with E-state index in [9.17, 15) is 18.0 Å². The SMILES string of the molecule is CC(OC(=O)Nc1ccc(-c2cc3ccc(OCc4cnccn4)cc3n2C2CCC2)cc1)C(F)(F)F. The minimum absolute atomic E-state index is 0.314. The Balaban J connectivity index is 1.37. The normalized spacial score (nSPS) is 14.7. The standard InChI is InChI=1S/C27H25F3N4O3/c1-17(27(28,29)30)37-26(35)33-20-8-5-18(6-9-20)24-13-19-7-10-23(36-16-21-15-31-11-12-32-21)14-25(19)34(24)22-3-2-4-22/h5-15,17,22H,2-4,16H2,1H3,(H,33,35). The van der Waals surface area contributed by atoms with Gasteiger partial charge in [-0.25, -0.2) is 4.79 Å². The zero-order valence-electron chi connectivity index (χ0n) is 20.0. The summed E-state index contributed by atoms with van der Waals surface area (Å²) >= 11 is 0. The fourth-order valence-electron chi connectivity index (χ4n) is 4.21. The van der Waals surface area contributed by atoms with Gasteiger partial charge in [0.25, 0.3) is 0 Å². The highest BCUT2D eigenvalue weighted by molar-refractivity contribution is 5.89. The summed E-state index contributed by atoms with van der Waals surface area (Å²) in [4.78, 5) is 20.2. The number of carbonyl (C=O) groups excluding carboxylic acids is 1. The van der Waals surface area contributed by atoms with Crippen molar-refractivity contribution in [1.82, 2.24) is 14.5 Å². The van der Waals surface area contributed by atoms with Crippen LogP contribution in [-0.2, 0) is 11.3 Å². The molecule has 0 spiro atoms. The molecule has 7 nitrogen and oxygen atoms in total. The Morgan fingerprint density at radius 3 is 2.57 bits per heavy atom. The molecule has 1 unspecified atom stereocenters. The molecule has 2 aromatic carbocycles. The van der Waals surface area contributed by atoms with E-state index in [1.165, 1.54) is 0 Å². The molecular formula is C27H25F3N4O3. The summed E-state index contributed by atoms with van der Waals surface area (Å²) in [6.07, 6.45) is 0.255. The van der Waals surface area contributed by atoms with Crippen LogP contribution < -0.4 is 10.1 Å². The number of nitrogens with zero attached hydrogens (tertiary/aromatic N) is 3. The second-order valence-corrected chi connectivity index (χ2v) is 8.98. The number of halogens is 3. The quantitative estimate of drug-likeness (QED) is 0.293. The maximum atomic E-state index is 12.6. The number of carbonyl (C=O) groups is 1. The molecule has 1 atom stereocenters. The molecule has 0 aliphatic heterocycles. The molecule has 4 aromatic rings. The van der Waals surface area contributed by atoms with E-state index in [1.54, 1.807) is 30.7 Å². The number of rotatable bonds is 7. The molecule has 1 aliphatic carbocycles. The van der Waals surface area contributed by atoms with E-state index in [2.05, 4.69) is 30.7 Å². The summed E-state index contributed by atoms with van der Waals surface area (Å²) in [5.41, 5.74) is 4.08. The van der Waals surface area contributed by atoms with Gasteiger partial charge in [0.15, 0.2) is 6.10 Å². The number of alkyl halides is 3. The van der Waals surface area contributed by atoms with Crippen molar-refractivity contribution in [3.8, 4) is 17.0 Å². The number of aromatic nitrogens is 3. The monoisotopic (exact) mass is 510 g/mol. The van der Waals surface area contributed by atoms with Gasteiger partial charge in [-0.05, 0) is 62.1 Å². The number of benzene rings is 2. The maximum absolute atomic E-state index is 12.6. The molecular weight excluding hydrogens is 485 g/mol. The third-order valence-electron chi connectivity index (χ3n) is 6.43. The molecule has 1 fully saturated rings. The van der Waals surface area contributed by atoms with Crippen LogP contribution in [0.25, 0.3) is 22.2 Å². The Hall–Kier alpha value is -4.08. The van der Waals surface area contributed by atoms with Gasteiger partial charge in [0, 0.05) is 41.3 Å². The predicted molar refractivity (Wildman–Crippen MR) is 132 cm³/mol. The minimum Gasteiger partial charge on any atom is -0.487 e. The molecule has 0 radical (unpaired) electrons. The lowest BCUT2D eigenvalue weighted by Crippen LogP contribution is -2.32. The van der Waals surface area contributed by atoms with Crippen molar-refractivity contribution < 1.29 is 27.4 Å². The third kappa shape index (κ3) is 5.52. The van der Waals surface area contributed by atoms with Crippen LogP contribution in [0.4, 0.5) is 23.7 Å². The molecule has 1 N–H and O–H groups in total. The number of hydrogen-bond acceptors (Lipinski definition) is 5. The first-order valence-corrected chi connectivity index (χ1v) is 12.0. The van der Waals surface area contributed by atoms with Gasteiger partial charge in [0.2, 0.25) is 0 Å². The van der Waals surface area contributed by atoms with Gasteiger partial charge < -0.3 is 14.0 Å². The fraction of sp³-hybridized carbons (Fsp3) is 0.296. The third-order valence-corrected chi connectivity index (χ3v) is 6.43. The van der Waals surface area contributed by atoms with Crippen molar-refractivity contribution in [2.45, 2.75) is 51.1 Å². The maximum Gasteiger partial charge on any atom is 0.425 e. The van der Waals surface area contributed by atoms with E-state index in [1.807, 2.05) is 30.3 Å². The molecule has 192 valence electrons. The fourth-order valence-corrected chi connectivity index (χ4v) is 4.21. The Morgan fingerprint density at radius 1 is 1.14 bits per heavy atom. The van der Waals surface area contributed by atoms with E-state index in [0.29, 0.717) is 18.3 Å². The van der Waals surface area contributed by atoms with Crippen LogP contribution in [0.1, 0.15) is 37.9 Å². The second kappa shape index (κ2) is 10.1. The van der Waals surface area contributed by atoms with E-state index in [0.717, 1.165) is 59.8 Å². The van der Waals surface area contributed by atoms with Gasteiger partial charge in [-0.15, -0.1) is 0 Å². The van der Waals surface area contributed by atoms with Crippen LogP contribution in [0.5, 0.6) is 5.75 Å². The van der Waals surface area contributed by atoms with Crippen molar-refractivity contribution in [3.05, 3.63) is 72.8 Å². The van der Waals surface area contributed by atoms with Crippen LogP contribution in [0.15, 0.2) is 67.1 Å². The minimum atomic E-state index is -4.61. The van der Waals surface area contributed by atoms with Crippen molar-refractivity contribution in [2.75, 3.05) is 5.32 Å². The number of fused-ring (bicyclic) bond motifs is 1. The second-order valence-electron chi connectivity index (χ2n) is 8.98. The van der Waals surface area contributed by atoms with Gasteiger partial charge in [0.05, 0.1) is 17.4 Å². The van der Waals surface area contributed by atoms with E-state index in [4.69, 9.17) is 4.74 Å². The van der Waals surface area contributed by atoms with Crippen molar-refractivity contribution in [2.24, 2.45) is 0 Å². The Kier molecular flexibility index (Phi) is 6.73. The molecule has 10 heteroatoms. The van der Waals surface area contributed by atoms with Crippen molar-refractivity contribution in [1.29, 1.82) is 0 Å². The average Bonchev–Trinajstić information content (AvgIpc) is 3.20. The summed E-state index contributed by atoms with van der Waals surface area (Å²) in [7, 11) is 0. The van der Waals surface area contributed by atoms with Crippen LogP contribution in [0.3, 0.4) is 0 Å². The summed E-state index contributed by atoms with van der Waals surface area (Å²) in [6, 6.07) is 15.4.